The van der Waals surface area contributed by atoms with Gasteiger partial charge in [-0.1, -0.05) is 18.2 Å². The minimum Gasteiger partial charge on any atom is -0.493 e. The highest BCUT2D eigenvalue weighted by Gasteiger charge is 2.22. The van der Waals surface area contributed by atoms with Crippen molar-refractivity contribution in [2.45, 2.75) is 33.5 Å². The van der Waals surface area contributed by atoms with Crippen molar-refractivity contribution in [2.75, 3.05) is 14.2 Å². The van der Waals surface area contributed by atoms with Crippen LogP contribution >= 0.6 is 0 Å². The van der Waals surface area contributed by atoms with Crippen molar-refractivity contribution in [1.82, 2.24) is 9.88 Å². The molecule has 7 heteroatoms. The number of halogens is 1. The van der Waals surface area contributed by atoms with Gasteiger partial charge in [-0.25, -0.2) is 9.18 Å². The molecule has 0 spiro atoms. The number of aromatic nitrogens is 1. The van der Waals surface area contributed by atoms with Crippen LogP contribution in [0.3, 0.4) is 0 Å². The Kier molecular flexibility index (Phi) is 6.97. The Morgan fingerprint density at radius 3 is 2.23 bits per heavy atom. The zero-order valence-electron chi connectivity index (χ0n) is 18.2. The molecule has 1 aromatic heterocycles. The predicted octanol–water partition coefficient (Wildman–Crippen LogP) is 4.30. The van der Waals surface area contributed by atoms with E-state index in [9.17, 15) is 14.3 Å². The van der Waals surface area contributed by atoms with Crippen molar-refractivity contribution in [3.05, 3.63) is 81.9 Å². The third kappa shape index (κ3) is 4.88. The third-order valence-corrected chi connectivity index (χ3v) is 5.46. The number of hydrogen-bond acceptors (Lipinski definition) is 4. The van der Waals surface area contributed by atoms with E-state index >= 15 is 0 Å². The molecule has 164 valence electrons. The van der Waals surface area contributed by atoms with Gasteiger partial charge in [-0.05, 0) is 49.2 Å². The Morgan fingerprint density at radius 2 is 1.61 bits per heavy atom. The summed E-state index contributed by atoms with van der Waals surface area (Å²) in [6.07, 6.45) is 0. The number of methoxy groups -OCH3 is 2. The summed E-state index contributed by atoms with van der Waals surface area (Å²) >= 11 is 0. The minimum absolute atomic E-state index is 0.295. The Labute approximate surface area is 181 Å². The maximum atomic E-state index is 13.2. The quantitative estimate of drug-likeness (QED) is 0.534. The Balaban J connectivity index is 1.80. The van der Waals surface area contributed by atoms with Crippen molar-refractivity contribution in [2.24, 2.45) is 0 Å². The van der Waals surface area contributed by atoms with E-state index in [0.29, 0.717) is 42.4 Å². The van der Waals surface area contributed by atoms with Gasteiger partial charge in [0, 0.05) is 36.6 Å². The van der Waals surface area contributed by atoms with E-state index in [4.69, 9.17) is 9.47 Å². The Morgan fingerprint density at radius 1 is 0.968 bits per heavy atom. The summed E-state index contributed by atoms with van der Waals surface area (Å²) in [6, 6.07) is 11.9. The van der Waals surface area contributed by atoms with Crippen LogP contribution in [0.15, 0.2) is 42.5 Å². The van der Waals surface area contributed by atoms with Crippen LogP contribution in [0.4, 0.5) is 4.39 Å². The van der Waals surface area contributed by atoms with E-state index in [1.165, 1.54) is 12.1 Å². The van der Waals surface area contributed by atoms with Gasteiger partial charge < -0.3 is 24.5 Å². The molecule has 2 aromatic carbocycles. The molecule has 0 aliphatic carbocycles. The first-order chi connectivity index (χ1) is 14.8. The molecule has 0 amide bonds. The molecule has 0 unspecified atom stereocenters. The standard InChI is InChI=1S/C24H27FN2O4/c1-15-20(13-26-12-18-7-10-21(30-3)22(11-18)31-4)23(24(28)29)16(2)27(15)14-17-5-8-19(25)9-6-17/h5-11,26H,12-14H2,1-4H3,(H,28,29). The SMILES string of the molecule is COc1ccc(CNCc2c(C(=O)O)c(C)n(Cc3ccc(F)cc3)c2C)cc1OC. The summed E-state index contributed by atoms with van der Waals surface area (Å²) in [5, 5.41) is 13.1. The summed E-state index contributed by atoms with van der Waals surface area (Å²) in [5.74, 6) is 0.0478. The highest BCUT2D eigenvalue weighted by molar-refractivity contribution is 5.91. The Hall–Kier alpha value is -3.32. The molecule has 0 radical (unpaired) electrons. The molecule has 6 nitrogen and oxygen atoms in total. The average Bonchev–Trinajstić information content (AvgIpc) is 2.99. The fraction of sp³-hybridized carbons (Fsp3) is 0.292. The van der Waals surface area contributed by atoms with E-state index in [1.807, 2.05) is 29.7 Å². The van der Waals surface area contributed by atoms with E-state index in [2.05, 4.69) is 5.32 Å². The van der Waals surface area contributed by atoms with Gasteiger partial charge in [0.25, 0.3) is 0 Å². The van der Waals surface area contributed by atoms with E-state index in [-0.39, 0.29) is 5.82 Å². The monoisotopic (exact) mass is 426 g/mol. The second-order valence-corrected chi connectivity index (χ2v) is 7.34. The fourth-order valence-corrected chi connectivity index (χ4v) is 3.78. The van der Waals surface area contributed by atoms with Gasteiger partial charge in [-0.15, -0.1) is 0 Å². The summed E-state index contributed by atoms with van der Waals surface area (Å²) in [4.78, 5) is 12.0. The number of rotatable bonds is 9. The molecule has 31 heavy (non-hydrogen) atoms. The van der Waals surface area contributed by atoms with Crippen LogP contribution in [0.2, 0.25) is 0 Å². The van der Waals surface area contributed by atoms with Crippen LogP contribution in [-0.4, -0.2) is 29.9 Å². The number of carboxylic acids is 1. The highest BCUT2D eigenvalue weighted by Crippen LogP contribution is 2.28. The number of hydrogen-bond donors (Lipinski definition) is 2. The van der Waals surface area contributed by atoms with E-state index in [1.54, 1.807) is 33.3 Å². The molecule has 0 saturated heterocycles. The number of carboxylic acid groups (broad SMARTS) is 1. The van der Waals surface area contributed by atoms with Crippen molar-refractivity contribution in [3.63, 3.8) is 0 Å². The van der Waals surface area contributed by atoms with Crippen LogP contribution in [0.5, 0.6) is 11.5 Å². The molecule has 3 rings (SSSR count). The number of nitrogens with zero attached hydrogens (tertiary/aromatic N) is 1. The van der Waals surface area contributed by atoms with Crippen molar-refractivity contribution in [3.8, 4) is 11.5 Å². The average molecular weight is 426 g/mol. The lowest BCUT2D eigenvalue weighted by Crippen LogP contribution is -2.15. The predicted molar refractivity (Wildman–Crippen MR) is 116 cm³/mol. The molecule has 1 heterocycles. The van der Waals surface area contributed by atoms with Gasteiger partial charge in [0.2, 0.25) is 0 Å². The topological polar surface area (TPSA) is 72.7 Å². The molecule has 2 N–H and O–H groups in total. The molecule has 0 aliphatic heterocycles. The molecule has 0 aliphatic rings. The number of carbonyl (C=O) groups is 1. The molecule has 0 atom stereocenters. The first kappa shape index (κ1) is 22.4. The van der Waals surface area contributed by atoms with Gasteiger partial charge in [0.1, 0.15) is 5.82 Å². The second-order valence-electron chi connectivity index (χ2n) is 7.34. The van der Waals surface area contributed by atoms with Crippen LogP contribution in [0, 0.1) is 19.7 Å². The molecule has 0 bridgehead atoms. The number of benzene rings is 2. The summed E-state index contributed by atoms with van der Waals surface area (Å²) in [7, 11) is 3.18. The molecular weight excluding hydrogens is 399 g/mol. The Bertz CT molecular complexity index is 1070. The van der Waals surface area contributed by atoms with Crippen LogP contribution < -0.4 is 14.8 Å². The third-order valence-electron chi connectivity index (χ3n) is 5.46. The van der Waals surface area contributed by atoms with Gasteiger partial charge in [0.05, 0.1) is 19.8 Å². The second kappa shape index (κ2) is 9.66. The summed E-state index contributed by atoms with van der Waals surface area (Å²) in [6.45, 7) is 5.14. The van der Waals surface area contributed by atoms with Crippen LogP contribution in [-0.2, 0) is 19.6 Å². The van der Waals surface area contributed by atoms with Gasteiger partial charge >= 0.3 is 5.97 Å². The van der Waals surface area contributed by atoms with E-state index < -0.39 is 5.97 Å². The fourth-order valence-electron chi connectivity index (χ4n) is 3.78. The lowest BCUT2D eigenvalue weighted by atomic mass is 10.1. The largest absolute Gasteiger partial charge is 0.493 e. The number of aromatic carboxylic acids is 1. The zero-order chi connectivity index (χ0) is 22.5. The number of nitrogens with one attached hydrogen (secondary N) is 1. The summed E-state index contributed by atoms with van der Waals surface area (Å²) in [5.41, 5.74) is 4.50. The highest BCUT2D eigenvalue weighted by atomic mass is 19.1. The van der Waals surface area contributed by atoms with Crippen LogP contribution in [0.1, 0.15) is 38.4 Å². The molecule has 0 fully saturated rings. The lowest BCUT2D eigenvalue weighted by Gasteiger charge is -2.11. The van der Waals surface area contributed by atoms with Crippen molar-refractivity contribution < 1.29 is 23.8 Å². The van der Waals surface area contributed by atoms with Crippen molar-refractivity contribution >= 4 is 5.97 Å². The van der Waals surface area contributed by atoms with Crippen molar-refractivity contribution in [1.29, 1.82) is 0 Å². The van der Waals surface area contributed by atoms with Crippen LogP contribution in [0.25, 0.3) is 0 Å². The zero-order valence-corrected chi connectivity index (χ0v) is 18.2. The first-order valence-corrected chi connectivity index (χ1v) is 9.93. The summed E-state index contributed by atoms with van der Waals surface area (Å²) < 4.78 is 25.8. The maximum Gasteiger partial charge on any atom is 0.337 e. The first-order valence-electron chi connectivity index (χ1n) is 9.93. The van der Waals surface area contributed by atoms with Gasteiger partial charge in [0.15, 0.2) is 11.5 Å². The lowest BCUT2D eigenvalue weighted by molar-refractivity contribution is 0.0694. The molecular formula is C24H27FN2O4. The maximum absolute atomic E-state index is 13.2. The molecule has 0 saturated carbocycles. The smallest absolute Gasteiger partial charge is 0.337 e. The van der Waals surface area contributed by atoms with Gasteiger partial charge in [-0.3, -0.25) is 0 Å². The number of ether oxygens (including phenoxy) is 2. The normalized spacial score (nSPS) is 10.9. The molecule has 3 aromatic rings. The van der Waals surface area contributed by atoms with Gasteiger partial charge in [-0.2, -0.15) is 0 Å². The van der Waals surface area contributed by atoms with E-state index in [0.717, 1.165) is 22.4 Å². The minimum atomic E-state index is -0.957.